The summed E-state index contributed by atoms with van der Waals surface area (Å²) < 4.78 is 8.36. The number of para-hydroxylation sites is 1. The van der Waals surface area contributed by atoms with Crippen LogP contribution >= 0.6 is 11.8 Å². The maximum Gasteiger partial charge on any atom is 0.330 e. The molecule has 10 heteroatoms. The van der Waals surface area contributed by atoms with Crippen molar-refractivity contribution in [2.45, 2.75) is 38.4 Å². The molecular formula is C26H27N5O4S. The van der Waals surface area contributed by atoms with E-state index in [0.29, 0.717) is 40.7 Å². The first-order chi connectivity index (χ1) is 17.5. The van der Waals surface area contributed by atoms with Crippen LogP contribution in [-0.2, 0) is 20.9 Å². The maximum absolute atomic E-state index is 13.0. The maximum atomic E-state index is 13.0. The third-order valence-corrected chi connectivity index (χ3v) is 6.37. The van der Waals surface area contributed by atoms with Crippen LogP contribution in [0.25, 0.3) is 22.8 Å². The molecule has 0 unspecified atom stereocenters. The molecule has 4 aromatic rings. The fourth-order valence-electron chi connectivity index (χ4n) is 3.70. The summed E-state index contributed by atoms with van der Waals surface area (Å²) >= 11 is 1.26. The van der Waals surface area contributed by atoms with Gasteiger partial charge in [0.15, 0.2) is 5.16 Å². The van der Waals surface area contributed by atoms with Crippen LogP contribution in [0, 0.1) is 0 Å². The summed E-state index contributed by atoms with van der Waals surface area (Å²) in [6.07, 6.45) is 4.81. The third kappa shape index (κ3) is 5.65. The molecule has 0 saturated heterocycles. The Labute approximate surface area is 212 Å². The number of nitrogens with zero attached hydrogens (tertiary/aromatic N) is 4. The Balaban J connectivity index is 1.48. The van der Waals surface area contributed by atoms with E-state index >= 15 is 0 Å². The summed E-state index contributed by atoms with van der Waals surface area (Å²) in [5, 5.41) is 12.6. The van der Waals surface area contributed by atoms with E-state index < -0.39 is 5.97 Å². The largest absolute Gasteiger partial charge is 0.463 e. The second-order valence-corrected chi connectivity index (χ2v) is 8.93. The van der Waals surface area contributed by atoms with Gasteiger partial charge < -0.3 is 10.1 Å². The molecule has 186 valence electrons. The van der Waals surface area contributed by atoms with Crippen LogP contribution in [0.15, 0.2) is 64.6 Å². The molecule has 2 heterocycles. The summed E-state index contributed by atoms with van der Waals surface area (Å²) in [6.45, 7) is 4.70. The Hall–Kier alpha value is -3.92. The number of unbranched alkanes of at least 4 members (excludes halogenated alkanes) is 1. The fraction of sp³-hybridized carbons (Fsp3) is 0.269. The van der Waals surface area contributed by atoms with Crippen molar-refractivity contribution >= 4 is 52.1 Å². The molecule has 0 radical (unpaired) electrons. The molecule has 9 nitrogen and oxygen atoms in total. The van der Waals surface area contributed by atoms with Crippen LogP contribution in [0.3, 0.4) is 0 Å². The molecule has 2 aromatic heterocycles. The molecule has 36 heavy (non-hydrogen) atoms. The standard InChI is InChI=1S/C26H27N5O4S/c1-3-5-16-30-24(34)20-8-6-7-9-21(20)31-25(30)28-29-26(31)36-17-22(32)27-19-13-10-18(11-14-19)12-15-23(33)35-4-2/h6-15H,3-5,16-17H2,1-2H3,(H,27,32)/b15-12+. The first-order valence-electron chi connectivity index (χ1n) is 11.8. The summed E-state index contributed by atoms with van der Waals surface area (Å²) in [4.78, 5) is 37.1. The van der Waals surface area contributed by atoms with Crippen LogP contribution < -0.4 is 10.9 Å². The smallest absolute Gasteiger partial charge is 0.330 e. The number of hydrogen-bond acceptors (Lipinski definition) is 7. The highest BCUT2D eigenvalue weighted by Crippen LogP contribution is 2.22. The molecule has 4 rings (SSSR count). The van der Waals surface area contributed by atoms with E-state index in [9.17, 15) is 14.4 Å². The Kier molecular flexibility index (Phi) is 8.17. The number of hydrogen-bond donors (Lipinski definition) is 1. The molecule has 0 aliphatic heterocycles. The van der Waals surface area contributed by atoms with Crippen molar-refractivity contribution in [1.29, 1.82) is 0 Å². The van der Waals surface area contributed by atoms with Gasteiger partial charge in [-0.3, -0.25) is 18.6 Å². The molecule has 0 aliphatic rings. The van der Waals surface area contributed by atoms with Gasteiger partial charge in [-0.25, -0.2) is 4.79 Å². The summed E-state index contributed by atoms with van der Waals surface area (Å²) in [7, 11) is 0. The highest BCUT2D eigenvalue weighted by molar-refractivity contribution is 7.99. The zero-order chi connectivity index (χ0) is 25.5. The van der Waals surface area contributed by atoms with E-state index in [1.165, 1.54) is 17.8 Å². The van der Waals surface area contributed by atoms with Gasteiger partial charge in [0.2, 0.25) is 11.7 Å². The van der Waals surface area contributed by atoms with Gasteiger partial charge in [-0.05, 0) is 49.2 Å². The highest BCUT2D eigenvalue weighted by Gasteiger charge is 2.17. The molecule has 0 aliphatic carbocycles. The number of ether oxygens (including phenoxy) is 1. The van der Waals surface area contributed by atoms with E-state index in [1.54, 1.807) is 47.9 Å². The number of benzene rings is 2. The minimum atomic E-state index is -0.400. The molecular weight excluding hydrogens is 478 g/mol. The molecule has 0 fully saturated rings. The van der Waals surface area contributed by atoms with E-state index in [1.807, 2.05) is 22.6 Å². The summed E-state index contributed by atoms with van der Waals surface area (Å²) in [6, 6.07) is 14.5. The minimum Gasteiger partial charge on any atom is -0.463 e. The van der Waals surface area contributed by atoms with Crippen LogP contribution in [-0.4, -0.2) is 43.4 Å². The van der Waals surface area contributed by atoms with Gasteiger partial charge in [0, 0.05) is 18.3 Å². The Bertz CT molecular complexity index is 1470. The van der Waals surface area contributed by atoms with Gasteiger partial charge in [-0.2, -0.15) is 0 Å². The fourth-order valence-corrected chi connectivity index (χ4v) is 4.44. The minimum absolute atomic E-state index is 0.0891. The predicted octanol–water partition coefficient (Wildman–Crippen LogP) is 4.15. The van der Waals surface area contributed by atoms with Crippen molar-refractivity contribution in [1.82, 2.24) is 19.2 Å². The SMILES string of the molecule is CCCCn1c(=O)c2ccccc2n2c(SCC(=O)Nc3ccc(/C=C/C(=O)OCC)cc3)nnc12. The van der Waals surface area contributed by atoms with Crippen molar-refractivity contribution in [2.75, 3.05) is 17.7 Å². The number of aryl methyl sites for hydroxylation is 1. The van der Waals surface area contributed by atoms with Gasteiger partial charge in [0.05, 0.1) is 23.3 Å². The normalized spacial score (nSPS) is 11.4. The van der Waals surface area contributed by atoms with Crippen molar-refractivity contribution in [3.05, 3.63) is 70.5 Å². The highest BCUT2D eigenvalue weighted by atomic mass is 32.2. The topological polar surface area (TPSA) is 108 Å². The molecule has 1 amide bonds. The molecule has 0 bridgehead atoms. The zero-order valence-electron chi connectivity index (χ0n) is 20.1. The van der Waals surface area contributed by atoms with Gasteiger partial charge >= 0.3 is 5.97 Å². The van der Waals surface area contributed by atoms with Crippen LogP contribution in [0.4, 0.5) is 5.69 Å². The Morgan fingerprint density at radius 2 is 1.86 bits per heavy atom. The molecule has 0 atom stereocenters. The van der Waals surface area contributed by atoms with Gasteiger partial charge in [0.25, 0.3) is 5.56 Å². The van der Waals surface area contributed by atoms with Crippen LogP contribution in [0.2, 0.25) is 0 Å². The first-order valence-corrected chi connectivity index (χ1v) is 12.7. The second kappa shape index (κ2) is 11.7. The second-order valence-electron chi connectivity index (χ2n) is 7.99. The number of thioether (sulfide) groups is 1. The van der Waals surface area contributed by atoms with E-state index in [-0.39, 0.29) is 17.2 Å². The number of anilines is 1. The molecule has 1 N–H and O–H groups in total. The van der Waals surface area contributed by atoms with Crippen LogP contribution in [0.5, 0.6) is 0 Å². The zero-order valence-corrected chi connectivity index (χ0v) is 21.0. The lowest BCUT2D eigenvalue weighted by Gasteiger charge is -2.11. The van der Waals surface area contributed by atoms with Crippen molar-refractivity contribution < 1.29 is 14.3 Å². The summed E-state index contributed by atoms with van der Waals surface area (Å²) in [5.74, 6) is -0.00647. The Morgan fingerprint density at radius 3 is 2.61 bits per heavy atom. The van der Waals surface area contributed by atoms with Crippen molar-refractivity contribution in [3.8, 4) is 0 Å². The lowest BCUT2D eigenvalue weighted by molar-refractivity contribution is -0.137. The van der Waals surface area contributed by atoms with E-state index in [4.69, 9.17) is 4.74 Å². The van der Waals surface area contributed by atoms with Crippen LogP contribution in [0.1, 0.15) is 32.3 Å². The lowest BCUT2D eigenvalue weighted by atomic mass is 10.2. The summed E-state index contributed by atoms with van der Waals surface area (Å²) in [5.41, 5.74) is 2.07. The number of aromatic nitrogens is 4. The number of carbonyl (C=O) groups is 2. The molecule has 2 aromatic carbocycles. The lowest BCUT2D eigenvalue weighted by Crippen LogP contribution is -2.23. The third-order valence-electron chi connectivity index (χ3n) is 5.44. The van der Waals surface area contributed by atoms with Crippen molar-refractivity contribution in [3.63, 3.8) is 0 Å². The van der Waals surface area contributed by atoms with E-state index in [2.05, 4.69) is 22.4 Å². The van der Waals surface area contributed by atoms with E-state index in [0.717, 1.165) is 18.4 Å². The number of nitrogens with one attached hydrogen (secondary N) is 1. The Morgan fingerprint density at radius 1 is 1.08 bits per heavy atom. The first kappa shape index (κ1) is 25.2. The molecule has 0 spiro atoms. The number of esters is 1. The average molecular weight is 506 g/mol. The number of rotatable bonds is 10. The predicted molar refractivity (Wildman–Crippen MR) is 141 cm³/mol. The number of amides is 1. The van der Waals surface area contributed by atoms with Gasteiger partial charge in [0.1, 0.15) is 0 Å². The van der Waals surface area contributed by atoms with Gasteiger partial charge in [-0.1, -0.05) is 49.4 Å². The monoisotopic (exact) mass is 505 g/mol. The van der Waals surface area contributed by atoms with Gasteiger partial charge in [-0.15, -0.1) is 10.2 Å². The number of fused-ring (bicyclic) bond motifs is 3. The number of carbonyl (C=O) groups excluding carboxylic acids is 2. The quantitative estimate of drug-likeness (QED) is 0.196. The van der Waals surface area contributed by atoms with Crippen molar-refractivity contribution in [2.24, 2.45) is 0 Å². The average Bonchev–Trinajstić information content (AvgIpc) is 3.31. The molecule has 0 saturated carbocycles.